The number of amides is 5. The van der Waals surface area contributed by atoms with E-state index in [-0.39, 0.29) is 36.4 Å². The van der Waals surface area contributed by atoms with Gasteiger partial charge in [-0.1, -0.05) is 6.07 Å². The Hall–Kier alpha value is -4.02. The Bertz CT molecular complexity index is 1160. The van der Waals surface area contributed by atoms with Gasteiger partial charge in [-0.15, -0.1) is 0 Å². The van der Waals surface area contributed by atoms with E-state index in [2.05, 4.69) is 21.0 Å². The van der Waals surface area contributed by atoms with E-state index in [4.69, 9.17) is 0 Å². The lowest BCUT2D eigenvalue weighted by atomic mass is 10.0. The molecule has 4 rings (SSSR count). The standard InChI is InChI=1S/C23H26N6O5/c1-14-11-26-28(12-14)13-19(31)25-10-3-2-9-24-16-6-4-5-15-20(16)23(34)29(22(15)33)17-7-8-18(30)27-21(17)32/h4-6,11-12,17,24H,2-3,7-10,13H2,1H3,(H,25,31)(H,27,30,32). The van der Waals surface area contributed by atoms with Crippen molar-refractivity contribution in [2.24, 2.45) is 0 Å². The number of unbranched alkanes of at least 4 members (excludes halogenated alkanes) is 1. The Morgan fingerprint density at radius 2 is 1.94 bits per heavy atom. The average molecular weight is 466 g/mol. The highest BCUT2D eigenvalue weighted by Gasteiger charge is 2.45. The number of benzene rings is 1. The number of carbonyl (C=O) groups is 5. The molecular weight excluding hydrogens is 440 g/mol. The SMILES string of the molecule is Cc1cnn(CC(=O)NCCCCNc2cccc3c2C(=O)N(C2CCC(=O)NC2=O)C3=O)c1. The lowest BCUT2D eigenvalue weighted by molar-refractivity contribution is -0.136. The predicted octanol–water partition coefficient (Wildman–Crippen LogP) is 0.601. The minimum Gasteiger partial charge on any atom is -0.384 e. The van der Waals surface area contributed by atoms with Crippen molar-refractivity contribution < 1.29 is 24.0 Å². The van der Waals surface area contributed by atoms with Crippen LogP contribution in [0.1, 0.15) is 52.0 Å². The van der Waals surface area contributed by atoms with Gasteiger partial charge in [-0.3, -0.25) is 38.9 Å². The summed E-state index contributed by atoms with van der Waals surface area (Å²) in [4.78, 5) is 62.5. The van der Waals surface area contributed by atoms with Crippen LogP contribution in [0.2, 0.25) is 0 Å². The van der Waals surface area contributed by atoms with Gasteiger partial charge < -0.3 is 10.6 Å². The van der Waals surface area contributed by atoms with E-state index < -0.39 is 29.7 Å². The first kappa shape index (κ1) is 23.1. The van der Waals surface area contributed by atoms with Gasteiger partial charge in [0.25, 0.3) is 11.8 Å². The summed E-state index contributed by atoms with van der Waals surface area (Å²) in [7, 11) is 0. The Kier molecular flexibility index (Phi) is 6.71. The van der Waals surface area contributed by atoms with Crippen molar-refractivity contribution in [1.82, 2.24) is 25.3 Å². The van der Waals surface area contributed by atoms with Crippen LogP contribution in [0.25, 0.3) is 0 Å². The van der Waals surface area contributed by atoms with Gasteiger partial charge in [-0.2, -0.15) is 5.10 Å². The second-order valence-corrected chi connectivity index (χ2v) is 8.37. The van der Waals surface area contributed by atoms with E-state index >= 15 is 0 Å². The van der Waals surface area contributed by atoms with E-state index in [1.807, 2.05) is 6.92 Å². The maximum absolute atomic E-state index is 13.1. The fraction of sp³-hybridized carbons (Fsp3) is 0.391. The number of fused-ring (bicyclic) bond motifs is 1. The van der Waals surface area contributed by atoms with Crippen molar-refractivity contribution in [3.05, 3.63) is 47.3 Å². The molecule has 2 aliphatic heterocycles. The number of piperidine rings is 1. The lowest BCUT2D eigenvalue weighted by Gasteiger charge is -2.27. The number of nitrogens with one attached hydrogen (secondary N) is 3. The maximum Gasteiger partial charge on any atom is 0.264 e. The van der Waals surface area contributed by atoms with Crippen molar-refractivity contribution in [3.8, 4) is 0 Å². The molecule has 5 amide bonds. The van der Waals surface area contributed by atoms with Crippen LogP contribution < -0.4 is 16.0 Å². The lowest BCUT2D eigenvalue weighted by Crippen LogP contribution is -2.54. The summed E-state index contributed by atoms with van der Waals surface area (Å²) in [6.45, 7) is 3.12. The van der Waals surface area contributed by atoms with Crippen molar-refractivity contribution in [2.75, 3.05) is 18.4 Å². The number of aryl methyl sites for hydroxylation is 1. The van der Waals surface area contributed by atoms with Crippen molar-refractivity contribution >= 4 is 35.2 Å². The second kappa shape index (κ2) is 9.86. The second-order valence-electron chi connectivity index (χ2n) is 8.37. The molecule has 3 N–H and O–H groups in total. The molecular formula is C23H26N6O5. The Morgan fingerprint density at radius 1 is 1.15 bits per heavy atom. The monoisotopic (exact) mass is 466 g/mol. The van der Waals surface area contributed by atoms with Crippen LogP contribution in [0.3, 0.4) is 0 Å². The summed E-state index contributed by atoms with van der Waals surface area (Å²) in [5.41, 5.74) is 1.98. The van der Waals surface area contributed by atoms with Crippen molar-refractivity contribution in [1.29, 1.82) is 0 Å². The molecule has 11 nitrogen and oxygen atoms in total. The molecule has 34 heavy (non-hydrogen) atoms. The number of nitrogens with zero attached hydrogens (tertiary/aromatic N) is 3. The molecule has 1 atom stereocenters. The minimum atomic E-state index is -0.993. The average Bonchev–Trinajstić information content (AvgIpc) is 3.31. The van der Waals surface area contributed by atoms with Gasteiger partial charge in [0.2, 0.25) is 17.7 Å². The fourth-order valence-corrected chi connectivity index (χ4v) is 4.12. The topological polar surface area (TPSA) is 142 Å². The first-order valence-electron chi connectivity index (χ1n) is 11.2. The number of anilines is 1. The summed E-state index contributed by atoms with van der Waals surface area (Å²) in [5.74, 6) is -2.24. The Labute approximate surface area is 195 Å². The van der Waals surface area contributed by atoms with Gasteiger partial charge in [0.1, 0.15) is 12.6 Å². The summed E-state index contributed by atoms with van der Waals surface area (Å²) in [5, 5.41) is 12.3. The van der Waals surface area contributed by atoms with Gasteiger partial charge in [0, 0.05) is 31.4 Å². The third kappa shape index (κ3) is 4.82. The van der Waals surface area contributed by atoms with Crippen molar-refractivity contribution in [2.45, 2.75) is 45.2 Å². The number of hydrogen-bond donors (Lipinski definition) is 3. The molecule has 1 fully saturated rings. The van der Waals surface area contributed by atoms with E-state index in [9.17, 15) is 24.0 Å². The fourth-order valence-electron chi connectivity index (χ4n) is 4.12. The van der Waals surface area contributed by atoms with Crippen LogP contribution in [-0.2, 0) is 20.9 Å². The number of carbonyl (C=O) groups excluding carboxylic acids is 5. The Morgan fingerprint density at radius 3 is 2.68 bits per heavy atom. The van der Waals surface area contributed by atoms with E-state index in [0.717, 1.165) is 23.3 Å². The zero-order valence-electron chi connectivity index (χ0n) is 18.8. The number of hydrogen-bond acceptors (Lipinski definition) is 7. The molecule has 1 saturated heterocycles. The molecule has 11 heteroatoms. The third-order valence-corrected chi connectivity index (χ3v) is 5.78. The predicted molar refractivity (Wildman–Crippen MR) is 121 cm³/mol. The van der Waals surface area contributed by atoms with Gasteiger partial charge in [-0.05, 0) is 43.9 Å². The van der Waals surface area contributed by atoms with Crippen LogP contribution in [0.4, 0.5) is 5.69 Å². The highest BCUT2D eigenvalue weighted by molar-refractivity contribution is 6.25. The van der Waals surface area contributed by atoms with Crippen LogP contribution >= 0.6 is 0 Å². The van der Waals surface area contributed by atoms with E-state index in [0.29, 0.717) is 18.8 Å². The van der Waals surface area contributed by atoms with Crippen LogP contribution in [0, 0.1) is 6.92 Å². The zero-order chi connectivity index (χ0) is 24.2. The number of rotatable bonds is 9. The molecule has 2 aromatic rings. The largest absolute Gasteiger partial charge is 0.384 e. The van der Waals surface area contributed by atoms with Crippen molar-refractivity contribution in [3.63, 3.8) is 0 Å². The summed E-state index contributed by atoms with van der Waals surface area (Å²) in [6.07, 6.45) is 5.14. The van der Waals surface area contributed by atoms with Crippen LogP contribution in [-0.4, -0.2) is 63.3 Å². The first-order chi connectivity index (χ1) is 16.3. The molecule has 178 valence electrons. The summed E-state index contributed by atoms with van der Waals surface area (Å²) < 4.78 is 1.58. The number of imide groups is 2. The third-order valence-electron chi connectivity index (χ3n) is 5.78. The van der Waals surface area contributed by atoms with Gasteiger partial charge in [0.05, 0.1) is 17.3 Å². The molecule has 1 aromatic heterocycles. The molecule has 0 saturated carbocycles. The molecule has 0 spiro atoms. The normalized spacial score (nSPS) is 17.6. The maximum atomic E-state index is 13.1. The first-order valence-corrected chi connectivity index (χ1v) is 11.2. The zero-order valence-corrected chi connectivity index (χ0v) is 18.8. The molecule has 1 aromatic carbocycles. The van der Waals surface area contributed by atoms with E-state index in [1.165, 1.54) is 0 Å². The van der Waals surface area contributed by atoms with Gasteiger partial charge >= 0.3 is 0 Å². The smallest absolute Gasteiger partial charge is 0.264 e. The minimum absolute atomic E-state index is 0.0764. The van der Waals surface area contributed by atoms with E-state index in [1.54, 1.807) is 35.3 Å². The highest BCUT2D eigenvalue weighted by atomic mass is 16.2. The highest BCUT2D eigenvalue weighted by Crippen LogP contribution is 2.32. The summed E-state index contributed by atoms with van der Waals surface area (Å²) >= 11 is 0. The number of aromatic nitrogens is 2. The molecule has 3 heterocycles. The van der Waals surface area contributed by atoms with Crippen LogP contribution in [0.5, 0.6) is 0 Å². The molecule has 0 radical (unpaired) electrons. The Balaban J connectivity index is 1.28. The summed E-state index contributed by atoms with van der Waals surface area (Å²) in [6, 6.07) is 3.96. The van der Waals surface area contributed by atoms with Crippen LogP contribution in [0.15, 0.2) is 30.6 Å². The van der Waals surface area contributed by atoms with Gasteiger partial charge in [-0.25, -0.2) is 0 Å². The quantitative estimate of drug-likeness (QED) is 0.363. The molecule has 2 aliphatic rings. The molecule has 0 aliphatic carbocycles. The molecule has 1 unspecified atom stereocenters. The molecule has 0 bridgehead atoms. The van der Waals surface area contributed by atoms with Gasteiger partial charge in [0.15, 0.2) is 0 Å².